The molecule has 1 aliphatic heterocycles. The van der Waals surface area contributed by atoms with Crippen LogP contribution >= 0.6 is 11.3 Å². The fourth-order valence-corrected chi connectivity index (χ4v) is 3.22. The molecule has 0 radical (unpaired) electrons. The number of hydrogen-bond donors (Lipinski definition) is 1. The van der Waals surface area contributed by atoms with Crippen LogP contribution in [0.5, 0.6) is 0 Å². The molecule has 0 saturated heterocycles. The van der Waals surface area contributed by atoms with Crippen molar-refractivity contribution in [1.82, 2.24) is 5.06 Å². The Morgan fingerprint density at radius 3 is 2.47 bits per heavy atom. The van der Waals surface area contributed by atoms with Crippen LogP contribution in [0.2, 0.25) is 0 Å². The number of nitrogens with zero attached hydrogens (tertiary/aromatic N) is 1. The largest absolute Gasteiger partial charge is 0.385 e. The van der Waals surface area contributed by atoms with Gasteiger partial charge in [-0.15, -0.1) is 11.3 Å². The standard InChI is InChI=1S/C14H19NO3S/c1-13(2,3)18-15-6-9-10(11(15)7-16)8-19-12(9)14(4,5)17/h8,17H,6H2,1-5H3. The van der Waals surface area contributed by atoms with E-state index in [1.54, 1.807) is 18.9 Å². The van der Waals surface area contributed by atoms with E-state index >= 15 is 0 Å². The Bertz CT molecular complexity index is 542. The smallest absolute Gasteiger partial charge is 0.156 e. The Hall–Kier alpha value is -1.13. The van der Waals surface area contributed by atoms with Crippen LogP contribution in [0.3, 0.4) is 0 Å². The van der Waals surface area contributed by atoms with E-state index in [9.17, 15) is 9.90 Å². The van der Waals surface area contributed by atoms with Crippen LogP contribution in [0.4, 0.5) is 0 Å². The molecule has 1 N–H and O–H groups in total. The SMILES string of the molecule is CC(C)(C)ON1Cc2c(csc2C(C)(C)O)C1=C=O. The summed E-state index contributed by atoms with van der Waals surface area (Å²) in [6.45, 7) is 9.75. The molecule has 0 amide bonds. The fourth-order valence-electron chi connectivity index (χ4n) is 2.12. The summed E-state index contributed by atoms with van der Waals surface area (Å²) >= 11 is 1.47. The van der Waals surface area contributed by atoms with Gasteiger partial charge in [-0.1, -0.05) is 0 Å². The number of rotatable bonds is 2. The van der Waals surface area contributed by atoms with E-state index in [0.29, 0.717) is 12.2 Å². The third-order valence-electron chi connectivity index (χ3n) is 2.74. The molecule has 19 heavy (non-hydrogen) atoms. The summed E-state index contributed by atoms with van der Waals surface area (Å²) in [4.78, 5) is 17.8. The van der Waals surface area contributed by atoms with E-state index in [1.807, 2.05) is 32.1 Å². The molecule has 0 aliphatic carbocycles. The van der Waals surface area contributed by atoms with Crippen LogP contribution in [-0.2, 0) is 21.8 Å². The molecule has 0 spiro atoms. The van der Waals surface area contributed by atoms with Crippen LogP contribution in [0.15, 0.2) is 5.38 Å². The Morgan fingerprint density at radius 1 is 1.37 bits per heavy atom. The number of fused-ring (bicyclic) bond motifs is 1. The van der Waals surface area contributed by atoms with E-state index in [4.69, 9.17) is 4.84 Å². The van der Waals surface area contributed by atoms with Gasteiger partial charge in [0.25, 0.3) is 0 Å². The molecule has 5 heteroatoms. The van der Waals surface area contributed by atoms with Crippen molar-refractivity contribution >= 4 is 23.0 Å². The summed E-state index contributed by atoms with van der Waals surface area (Å²) in [5.41, 5.74) is 0.895. The maximum absolute atomic E-state index is 11.2. The van der Waals surface area contributed by atoms with Crippen molar-refractivity contribution in [2.24, 2.45) is 0 Å². The molecule has 0 atom stereocenters. The van der Waals surface area contributed by atoms with Crippen LogP contribution in [0.1, 0.15) is 50.6 Å². The first-order valence-corrected chi connectivity index (χ1v) is 7.07. The van der Waals surface area contributed by atoms with Gasteiger partial charge < -0.3 is 5.11 Å². The molecular weight excluding hydrogens is 262 g/mol. The molecule has 1 aromatic heterocycles. The van der Waals surface area contributed by atoms with E-state index < -0.39 is 5.60 Å². The van der Waals surface area contributed by atoms with Crippen molar-refractivity contribution in [3.63, 3.8) is 0 Å². The van der Waals surface area contributed by atoms with Gasteiger partial charge in [-0.2, -0.15) is 0 Å². The second-order valence-electron chi connectivity index (χ2n) is 6.21. The predicted molar refractivity (Wildman–Crippen MR) is 75.0 cm³/mol. The highest BCUT2D eigenvalue weighted by atomic mass is 32.1. The number of aliphatic hydroxyl groups is 1. The van der Waals surface area contributed by atoms with Gasteiger partial charge in [0.2, 0.25) is 0 Å². The average Bonchev–Trinajstić information content (AvgIpc) is 2.70. The maximum Gasteiger partial charge on any atom is 0.156 e. The highest BCUT2D eigenvalue weighted by Crippen LogP contribution is 2.42. The van der Waals surface area contributed by atoms with Crippen molar-refractivity contribution < 1.29 is 14.7 Å². The van der Waals surface area contributed by atoms with Crippen molar-refractivity contribution in [3.8, 4) is 0 Å². The molecule has 0 fully saturated rings. The lowest BCUT2D eigenvalue weighted by Crippen LogP contribution is -2.30. The molecule has 0 bridgehead atoms. The van der Waals surface area contributed by atoms with Gasteiger partial charge >= 0.3 is 0 Å². The minimum Gasteiger partial charge on any atom is -0.385 e. The summed E-state index contributed by atoms with van der Waals surface area (Å²) in [5, 5.41) is 13.6. The number of carbonyl (C=O) groups excluding carboxylic acids is 1. The Morgan fingerprint density at radius 2 is 2.00 bits per heavy atom. The Kier molecular flexibility index (Phi) is 3.35. The Labute approximate surface area is 117 Å². The minimum atomic E-state index is -0.913. The molecule has 104 valence electrons. The number of thiophene rings is 1. The first-order chi connectivity index (χ1) is 8.63. The van der Waals surface area contributed by atoms with Gasteiger partial charge in [-0.25, -0.2) is 9.86 Å². The van der Waals surface area contributed by atoms with Crippen molar-refractivity contribution in [2.75, 3.05) is 0 Å². The second kappa shape index (κ2) is 4.46. The molecule has 2 rings (SSSR count). The number of hydrogen-bond acceptors (Lipinski definition) is 5. The monoisotopic (exact) mass is 281 g/mol. The summed E-state index contributed by atoms with van der Waals surface area (Å²) < 4.78 is 0. The summed E-state index contributed by atoms with van der Waals surface area (Å²) in [7, 11) is 0. The molecule has 1 aliphatic rings. The van der Waals surface area contributed by atoms with E-state index in [2.05, 4.69) is 0 Å². The quantitative estimate of drug-likeness (QED) is 0.847. The molecule has 1 aromatic rings. The number of hydroxylamine groups is 2. The second-order valence-corrected chi connectivity index (χ2v) is 7.09. The maximum atomic E-state index is 11.2. The first-order valence-electron chi connectivity index (χ1n) is 6.19. The Balaban J connectivity index is 2.40. The van der Waals surface area contributed by atoms with Gasteiger partial charge in [-0.05, 0) is 34.6 Å². The highest BCUT2D eigenvalue weighted by molar-refractivity contribution is 7.10. The van der Waals surface area contributed by atoms with Crippen molar-refractivity contribution in [3.05, 3.63) is 21.4 Å². The van der Waals surface area contributed by atoms with E-state index in [1.165, 1.54) is 11.3 Å². The molecule has 2 heterocycles. The van der Waals surface area contributed by atoms with Crippen LogP contribution < -0.4 is 0 Å². The topological polar surface area (TPSA) is 49.8 Å². The van der Waals surface area contributed by atoms with Gasteiger partial charge in [-0.3, -0.25) is 4.84 Å². The molecule has 0 unspecified atom stereocenters. The van der Waals surface area contributed by atoms with Gasteiger partial charge in [0, 0.05) is 21.4 Å². The van der Waals surface area contributed by atoms with Crippen molar-refractivity contribution in [2.45, 2.75) is 52.4 Å². The van der Waals surface area contributed by atoms with Crippen LogP contribution in [0, 0.1) is 0 Å². The third-order valence-corrected chi connectivity index (χ3v) is 4.07. The lowest BCUT2D eigenvalue weighted by Gasteiger charge is -2.28. The first kappa shape index (κ1) is 14.3. The minimum absolute atomic E-state index is 0.385. The molecule has 0 aromatic carbocycles. The lowest BCUT2D eigenvalue weighted by atomic mass is 10.0. The normalized spacial score (nSPS) is 15.7. The average molecular weight is 281 g/mol. The van der Waals surface area contributed by atoms with Crippen LogP contribution in [-0.4, -0.2) is 21.7 Å². The molecular formula is C14H19NO3S. The zero-order valence-corrected chi connectivity index (χ0v) is 12.7. The van der Waals surface area contributed by atoms with E-state index in [0.717, 1.165) is 16.0 Å². The third kappa shape index (κ3) is 2.74. The predicted octanol–water partition coefficient (Wildman–Crippen LogP) is 2.69. The summed E-state index contributed by atoms with van der Waals surface area (Å²) in [6, 6.07) is 0. The van der Waals surface area contributed by atoms with Crippen molar-refractivity contribution in [1.29, 1.82) is 0 Å². The summed E-state index contributed by atoms with van der Waals surface area (Å²) in [6.07, 6.45) is 0. The molecule has 0 saturated carbocycles. The fraction of sp³-hybridized carbons (Fsp3) is 0.571. The highest BCUT2D eigenvalue weighted by Gasteiger charge is 2.35. The van der Waals surface area contributed by atoms with Gasteiger partial charge in [0.05, 0.1) is 17.7 Å². The van der Waals surface area contributed by atoms with E-state index in [-0.39, 0.29) is 5.60 Å². The zero-order chi connectivity index (χ0) is 14.4. The van der Waals surface area contributed by atoms with Crippen LogP contribution in [0.25, 0.3) is 5.70 Å². The lowest BCUT2D eigenvalue weighted by molar-refractivity contribution is -0.191. The van der Waals surface area contributed by atoms with Gasteiger partial charge in [0.15, 0.2) is 11.6 Å². The zero-order valence-electron chi connectivity index (χ0n) is 11.9. The summed E-state index contributed by atoms with van der Waals surface area (Å²) in [5.74, 6) is 1.95. The molecule has 4 nitrogen and oxygen atoms in total. The van der Waals surface area contributed by atoms with Gasteiger partial charge in [0.1, 0.15) is 0 Å².